The molecule has 0 heterocycles. The molecule has 3 nitrogen and oxygen atoms in total. The second kappa shape index (κ2) is 6.21. The van der Waals surface area contributed by atoms with Crippen molar-refractivity contribution in [3.63, 3.8) is 0 Å². The van der Waals surface area contributed by atoms with E-state index in [-0.39, 0.29) is 5.56 Å². The van der Waals surface area contributed by atoms with Gasteiger partial charge in [-0.3, -0.25) is 0 Å². The number of carboxylic acids is 1. The highest BCUT2D eigenvalue weighted by molar-refractivity contribution is 9.11. The molecule has 0 saturated carbocycles. The first kappa shape index (κ1) is 14.1. The van der Waals surface area contributed by atoms with Crippen LogP contribution in [-0.2, 0) is 6.61 Å². The van der Waals surface area contributed by atoms with E-state index in [4.69, 9.17) is 9.84 Å². The van der Waals surface area contributed by atoms with Crippen molar-refractivity contribution < 1.29 is 14.6 Å². The standard InChI is InChI=1S/C14H10Br2O3/c15-11-5-6-13(12(16)7-11)19-8-9-1-3-10(4-2-9)14(17)18/h1-7H,8H2,(H,17,18). The highest BCUT2D eigenvalue weighted by atomic mass is 79.9. The van der Waals surface area contributed by atoms with Gasteiger partial charge in [0.05, 0.1) is 10.0 Å². The third kappa shape index (κ3) is 3.81. The monoisotopic (exact) mass is 384 g/mol. The van der Waals surface area contributed by atoms with Gasteiger partial charge in [0.2, 0.25) is 0 Å². The van der Waals surface area contributed by atoms with Gasteiger partial charge in [0.1, 0.15) is 12.4 Å². The first-order chi connectivity index (χ1) is 9.06. The molecule has 0 radical (unpaired) electrons. The molecule has 1 N–H and O–H groups in total. The van der Waals surface area contributed by atoms with Crippen LogP contribution in [-0.4, -0.2) is 11.1 Å². The lowest BCUT2D eigenvalue weighted by Crippen LogP contribution is -1.99. The number of rotatable bonds is 4. The van der Waals surface area contributed by atoms with Gasteiger partial charge in [0.25, 0.3) is 0 Å². The Morgan fingerprint density at radius 3 is 2.37 bits per heavy atom. The molecule has 5 heteroatoms. The second-order valence-electron chi connectivity index (χ2n) is 3.87. The molecule has 2 rings (SSSR count). The first-order valence-electron chi connectivity index (χ1n) is 5.46. The summed E-state index contributed by atoms with van der Waals surface area (Å²) in [6, 6.07) is 12.3. The number of carbonyl (C=O) groups is 1. The van der Waals surface area contributed by atoms with Gasteiger partial charge in [-0.15, -0.1) is 0 Å². The molecule has 0 unspecified atom stereocenters. The molecular weight excluding hydrogens is 376 g/mol. The summed E-state index contributed by atoms with van der Waals surface area (Å²) in [4.78, 5) is 10.7. The molecule has 0 aliphatic carbocycles. The van der Waals surface area contributed by atoms with Crippen molar-refractivity contribution >= 4 is 37.8 Å². The third-order valence-corrected chi connectivity index (χ3v) is 3.60. The summed E-state index contributed by atoms with van der Waals surface area (Å²) < 4.78 is 7.50. The zero-order valence-corrected chi connectivity index (χ0v) is 12.9. The van der Waals surface area contributed by atoms with Crippen LogP contribution in [0, 0.1) is 0 Å². The number of hydrogen-bond acceptors (Lipinski definition) is 2. The maximum atomic E-state index is 10.7. The Morgan fingerprint density at radius 1 is 1.11 bits per heavy atom. The molecule has 0 saturated heterocycles. The van der Waals surface area contributed by atoms with Crippen LogP contribution in [0.3, 0.4) is 0 Å². The topological polar surface area (TPSA) is 46.5 Å². The largest absolute Gasteiger partial charge is 0.488 e. The SMILES string of the molecule is O=C(O)c1ccc(COc2ccc(Br)cc2Br)cc1. The smallest absolute Gasteiger partial charge is 0.335 e. The van der Waals surface area contributed by atoms with Crippen molar-refractivity contribution in [2.75, 3.05) is 0 Å². The van der Waals surface area contributed by atoms with E-state index in [1.165, 1.54) is 0 Å². The van der Waals surface area contributed by atoms with Gasteiger partial charge in [-0.25, -0.2) is 4.79 Å². The van der Waals surface area contributed by atoms with Crippen LogP contribution in [0.2, 0.25) is 0 Å². The van der Waals surface area contributed by atoms with E-state index in [1.807, 2.05) is 18.2 Å². The Balaban J connectivity index is 2.04. The zero-order chi connectivity index (χ0) is 13.8. The minimum absolute atomic E-state index is 0.272. The van der Waals surface area contributed by atoms with Gasteiger partial charge in [0, 0.05) is 4.47 Å². The molecule has 2 aromatic carbocycles. The Hall–Kier alpha value is -1.33. The predicted molar refractivity (Wildman–Crippen MR) is 79.6 cm³/mol. The molecule has 0 atom stereocenters. The molecule has 19 heavy (non-hydrogen) atoms. The number of aromatic carboxylic acids is 1. The van der Waals surface area contributed by atoms with Gasteiger partial charge in [-0.05, 0) is 51.8 Å². The highest BCUT2D eigenvalue weighted by Crippen LogP contribution is 2.28. The fourth-order valence-corrected chi connectivity index (χ4v) is 2.66. The molecule has 0 fully saturated rings. The van der Waals surface area contributed by atoms with Crippen LogP contribution in [0.15, 0.2) is 51.4 Å². The van der Waals surface area contributed by atoms with E-state index in [0.29, 0.717) is 6.61 Å². The van der Waals surface area contributed by atoms with E-state index in [1.54, 1.807) is 24.3 Å². The molecule has 98 valence electrons. The summed E-state index contributed by atoms with van der Waals surface area (Å²) in [6.45, 7) is 0.389. The Kier molecular flexibility index (Phi) is 4.61. The van der Waals surface area contributed by atoms with Crippen molar-refractivity contribution in [2.24, 2.45) is 0 Å². The maximum absolute atomic E-state index is 10.7. The molecule has 0 aliphatic heterocycles. The summed E-state index contributed by atoms with van der Waals surface area (Å²) in [5.41, 5.74) is 1.19. The number of halogens is 2. The van der Waals surface area contributed by atoms with Crippen LogP contribution >= 0.6 is 31.9 Å². The van der Waals surface area contributed by atoms with Gasteiger partial charge >= 0.3 is 5.97 Å². The Bertz CT molecular complexity index is 594. The average molecular weight is 386 g/mol. The van der Waals surface area contributed by atoms with E-state index < -0.39 is 5.97 Å². The quantitative estimate of drug-likeness (QED) is 0.843. The fourth-order valence-electron chi connectivity index (χ4n) is 1.50. The molecule has 0 amide bonds. The summed E-state index contributed by atoms with van der Waals surface area (Å²) in [5.74, 6) is -0.186. The van der Waals surface area contributed by atoms with Gasteiger partial charge < -0.3 is 9.84 Å². The van der Waals surface area contributed by atoms with Crippen molar-refractivity contribution in [2.45, 2.75) is 6.61 Å². The highest BCUT2D eigenvalue weighted by Gasteiger charge is 2.04. The van der Waals surface area contributed by atoms with E-state index >= 15 is 0 Å². The van der Waals surface area contributed by atoms with Gasteiger partial charge in [-0.2, -0.15) is 0 Å². The minimum Gasteiger partial charge on any atom is -0.488 e. The van der Waals surface area contributed by atoms with E-state index in [9.17, 15) is 4.79 Å². The third-order valence-electron chi connectivity index (χ3n) is 2.49. The molecule has 0 spiro atoms. The van der Waals surface area contributed by atoms with Crippen molar-refractivity contribution in [3.05, 3.63) is 62.5 Å². The molecule has 2 aromatic rings. The second-order valence-corrected chi connectivity index (χ2v) is 5.64. The first-order valence-corrected chi connectivity index (χ1v) is 7.05. The lowest BCUT2D eigenvalue weighted by atomic mass is 10.1. The number of hydrogen-bond donors (Lipinski definition) is 1. The lowest BCUT2D eigenvalue weighted by molar-refractivity contribution is 0.0697. The van der Waals surface area contributed by atoms with Crippen LogP contribution in [0.4, 0.5) is 0 Å². The lowest BCUT2D eigenvalue weighted by Gasteiger charge is -2.08. The molecular formula is C14H10Br2O3. The van der Waals surface area contributed by atoms with Crippen LogP contribution in [0.25, 0.3) is 0 Å². The zero-order valence-electron chi connectivity index (χ0n) is 9.77. The van der Waals surface area contributed by atoms with Crippen LogP contribution in [0.1, 0.15) is 15.9 Å². The normalized spacial score (nSPS) is 10.2. The van der Waals surface area contributed by atoms with E-state index in [0.717, 1.165) is 20.3 Å². The van der Waals surface area contributed by atoms with Crippen LogP contribution < -0.4 is 4.74 Å². The van der Waals surface area contributed by atoms with Crippen LogP contribution in [0.5, 0.6) is 5.75 Å². The average Bonchev–Trinajstić information content (AvgIpc) is 2.38. The van der Waals surface area contributed by atoms with Gasteiger partial charge in [-0.1, -0.05) is 28.1 Å². The predicted octanol–water partition coefficient (Wildman–Crippen LogP) is 4.49. The molecule has 0 bridgehead atoms. The Morgan fingerprint density at radius 2 is 1.79 bits per heavy atom. The van der Waals surface area contributed by atoms with Gasteiger partial charge in [0.15, 0.2) is 0 Å². The molecule has 0 aliphatic rings. The van der Waals surface area contributed by atoms with E-state index in [2.05, 4.69) is 31.9 Å². The van der Waals surface area contributed by atoms with Crippen molar-refractivity contribution in [3.8, 4) is 5.75 Å². The molecule has 0 aromatic heterocycles. The number of ether oxygens (including phenoxy) is 1. The Labute approximate surface area is 127 Å². The minimum atomic E-state index is -0.928. The summed E-state index contributed by atoms with van der Waals surface area (Å²) in [5, 5.41) is 8.80. The summed E-state index contributed by atoms with van der Waals surface area (Å²) in [6.07, 6.45) is 0. The van der Waals surface area contributed by atoms with Crippen molar-refractivity contribution in [1.82, 2.24) is 0 Å². The number of benzene rings is 2. The number of carboxylic acid groups (broad SMARTS) is 1. The van der Waals surface area contributed by atoms with Crippen molar-refractivity contribution in [1.29, 1.82) is 0 Å². The summed E-state index contributed by atoms with van der Waals surface area (Å²) >= 11 is 6.79. The fraction of sp³-hybridized carbons (Fsp3) is 0.0714. The maximum Gasteiger partial charge on any atom is 0.335 e. The summed E-state index contributed by atoms with van der Waals surface area (Å²) in [7, 11) is 0.